The number of hydrogen-bond acceptors (Lipinski definition) is 9. The molecule has 0 spiro atoms. The monoisotopic (exact) mass is 464 g/mol. The zero-order valence-corrected chi connectivity index (χ0v) is 18.9. The van der Waals surface area contributed by atoms with Crippen LogP contribution in [0.5, 0.6) is 0 Å². The SMILES string of the molecule is COCCN1C(=O)/C(=C/c2c(NCCOCCO)nc3ccc(C)cn3c2=O)SC1=S. The van der Waals surface area contributed by atoms with Gasteiger partial charge in [-0.1, -0.05) is 30.0 Å². The van der Waals surface area contributed by atoms with Gasteiger partial charge in [-0.15, -0.1) is 0 Å². The molecule has 11 heteroatoms. The van der Waals surface area contributed by atoms with Crippen molar-refractivity contribution in [1.29, 1.82) is 0 Å². The Morgan fingerprint density at radius 2 is 2.10 bits per heavy atom. The first kappa shape index (κ1) is 23.4. The maximum atomic E-state index is 13.3. The molecule has 0 aliphatic carbocycles. The number of thiocarbonyl (C=S) groups is 1. The molecule has 3 rings (SSSR count). The molecule has 2 aromatic heterocycles. The van der Waals surface area contributed by atoms with Crippen molar-refractivity contribution in [2.75, 3.05) is 51.9 Å². The molecule has 2 aromatic rings. The van der Waals surface area contributed by atoms with E-state index in [9.17, 15) is 9.59 Å². The average Bonchev–Trinajstić information content (AvgIpc) is 3.02. The highest BCUT2D eigenvalue weighted by Gasteiger charge is 2.32. The van der Waals surface area contributed by atoms with Gasteiger partial charge in [-0.05, 0) is 24.6 Å². The normalized spacial score (nSPS) is 15.5. The fourth-order valence-electron chi connectivity index (χ4n) is 2.94. The number of aryl methyl sites for hydroxylation is 1. The fraction of sp³-hybridized carbons (Fsp3) is 0.400. The molecule has 0 saturated carbocycles. The minimum Gasteiger partial charge on any atom is -0.394 e. The molecular formula is C20H24N4O5S2. The van der Waals surface area contributed by atoms with Gasteiger partial charge in [-0.2, -0.15) is 0 Å². The average molecular weight is 465 g/mol. The summed E-state index contributed by atoms with van der Waals surface area (Å²) in [6.07, 6.45) is 3.24. The predicted octanol–water partition coefficient (Wildman–Crippen LogP) is 1.27. The predicted molar refractivity (Wildman–Crippen MR) is 124 cm³/mol. The van der Waals surface area contributed by atoms with Crippen molar-refractivity contribution in [1.82, 2.24) is 14.3 Å². The Kier molecular flexibility index (Phi) is 8.15. The Morgan fingerprint density at radius 1 is 1.29 bits per heavy atom. The number of methoxy groups -OCH3 is 1. The lowest BCUT2D eigenvalue weighted by Gasteiger charge is -2.13. The van der Waals surface area contributed by atoms with Crippen molar-refractivity contribution in [2.24, 2.45) is 0 Å². The number of ether oxygens (including phenoxy) is 2. The van der Waals surface area contributed by atoms with Gasteiger partial charge in [0.2, 0.25) is 0 Å². The quantitative estimate of drug-likeness (QED) is 0.305. The van der Waals surface area contributed by atoms with E-state index >= 15 is 0 Å². The van der Waals surface area contributed by atoms with E-state index in [4.69, 9.17) is 26.8 Å². The lowest BCUT2D eigenvalue weighted by atomic mass is 10.2. The topological polar surface area (TPSA) is 105 Å². The summed E-state index contributed by atoms with van der Waals surface area (Å²) in [4.78, 5) is 32.4. The maximum Gasteiger partial charge on any atom is 0.267 e. The third-order valence-corrected chi connectivity index (χ3v) is 5.83. The first-order valence-corrected chi connectivity index (χ1v) is 10.9. The van der Waals surface area contributed by atoms with Crippen LogP contribution in [0.25, 0.3) is 11.7 Å². The van der Waals surface area contributed by atoms with Crippen LogP contribution in [0, 0.1) is 6.92 Å². The summed E-state index contributed by atoms with van der Waals surface area (Å²) in [6.45, 7) is 3.46. The van der Waals surface area contributed by atoms with Crippen molar-refractivity contribution in [3.8, 4) is 0 Å². The molecule has 1 saturated heterocycles. The van der Waals surface area contributed by atoms with Crippen LogP contribution in [0.4, 0.5) is 5.82 Å². The molecule has 1 fully saturated rings. The van der Waals surface area contributed by atoms with Gasteiger partial charge in [0, 0.05) is 19.9 Å². The Labute approximate surface area is 189 Å². The maximum absolute atomic E-state index is 13.3. The first-order chi connectivity index (χ1) is 15.0. The molecule has 0 unspecified atom stereocenters. The summed E-state index contributed by atoms with van der Waals surface area (Å²) in [5.74, 6) is 0.0848. The summed E-state index contributed by atoms with van der Waals surface area (Å²) in [5.41, 5.74) is 1.36. The number of fused-ring (bicyclic) bond motifs is 1. The number of nitrogens with one attached hydrogen (secondary N) is 1. The van der Waals surface area contributed by atoms with Crippen molar-refractivity contribution in [3.05, 3.63) is 44.7 Å². The molecule has 1 amide bonds. The van der Waals surface area contributed by atoms with Gasteiger partial charge in [0.15, 0.2) is 0 Å². The zero-order chi connectivity index (χ0) is 22.4. The van der Waals surface area contributed by atoms with Crippen LogP contribution in [0.2, 0.25) is 0 Å². The summed E-state index contributed by atoms with van der Waals surface area (Å²) in [5, 5.41) is 11.9. The summed E-state index contributed by atoms with van der Waals surface area (Å²) >= 11 is 6.46. The highest BCUT2D eigenvalue weighted by atomic mass is 32.2. The van der Waals surface area contributed by atoms with Gasteiger partial charge in [0.25, 0.3) is 11.5 Å². The summed E-state index contributed by atoms with van der Waals surface area (Å²) in [7, 11) is 1.55. The number of amides is 1. The van der Waals surface area contributed by atoms with E-state index in [0.29, 0.717) is 47.0 Å². The Morgan fingerprint density at radius 3 is 2.84 bits per heavy atom. The molecule has 0 bridgehead atoms. The largest absolute Gasteiger partial charge is 0.394 e. The van der Waals surface area contributed by atoms with E-state index < -0.39 is 0 Å². The molecule has 3 heterocycles. The third-order valence-electron chi connectivity index (χ3n) is 4.45. The number of thioether (sulfide) groups is 1. The van der Waals surface area contributed by atoms with Crippen molar-refractivity contribution in [2.45, 2.75) is 6.92 Å². The van der Waals surface area contributed by atoms with Crippen LogP contribution in [0.15, 0.2) is 28.0 Å². The highest BCUT2D eigenvalue weighted by Crippen LogP contribution is 2.32. The number of hydrogen-bond donors (Lipinski definition) is 2. The second-order valence-electron chi connectivity index (χ2n) is 6.70. The number of carbonyl (C=O) groups excluding carboxylic acids is 1. The standard InChI is InChI=1S/C20H24N4O5S2/c1-13-3-4-16-22-17(21-5-8-29-10-7-25)14(18(26)24(16)12-13)11-15-19(27)23(6-9-28-2)20(30)31-15/h3-4,11-12,21,25H,5-10H2,1-2H3/b15-11-. The summed E-state index contributed by atoms with van der Waals surface area (Å²) < 4.78 is 12.2. The number of pyridine rings is 1. The number of aliphatic hydroxyl groups is 1. The lowest BCUT2D eigenvalue weighted by Crippen LogP contribution is -2.31. The minimum absolute atomic E-state index is 0.0644. The molecule has 1 aliphatic rings. The van der Waals surface area contributed by atoms with Crippen molar-refractivity contribution < 1.29 is 19.4 Å². The highest BCUT2D eigenvalue weighted by molar-refractivity contribution is 8.26. The van der Waals surface area contributed by atoms with Gasteiger partial charge in [0.1, 0.15) is 15.8 Å². The van der Waals surface area contributed by atoms with Crippen molar-refractivity contribution in [3.63, 3.8) is 0 Å². The van der Waals surface area contributed by atoms with E-state index in [2.05, 4.69) is 10.3 Å². The number of nitrogens with zero attached hydrogens (tertiary/aromatic N) is 3. The second-order valence-corrected chi connectivity index (χ2v) is 8.38. The van der Waals surface area contributed by atoms with Crippen LogP contribution in [0.1, 0.15) is 11.1 Å². The third kappa shape index (κ3) is 5.49. The van der Waals surface area contributed by atoms with Crippen LogP contribution < -0.4 is 10.9 Å². The molecule has 31 heavy (non-hydrogen) atoms. The van der Waals surface area contributed by atoms with Crippen molar-refractivity contribution >= 4 is 51.7 Å². The number of aromatic nitrogens is 2. The molecule has 2 N–H and O–H groups in total. The Hall–Kier alpha value is -2.31. The van der Waals surface area contributed by atoms with Crippen LogP contribution in [0.3, 0.4) is 0 Å². The minimum atomic E-state index is -0.297. The van der Waals surface area contributed by atoms with Crippen LogP contribution >= 0.6 is 24.0 Å². The Balaban J connectivity index is 1.98. The van der Waals surface area contributed by atoms with E-state index in [-0.39, 0.29) is 30.2 Å². The Bertz CT molecular complexity index is 1070. The van der Waals surface area contributed by atoms with E-state index in [0.717, 1.165) is 17.3 Å². The van der Waals surface area contributed by atoms with Crippen LogP contribution in [-0.2, 0) is 14.3 Å². The van der Waals surface area contributed by atoms with Gasteiger partial charge in [-0.25, -0.2) is 4.98 Å². The number of rotatable bonds is 10. The molecule has 166 valence electrons. The lowest BCUT2D eigenvalue weighted by molar-refractivity contribution is -0.122. The van der Waals surface area contributed by atoms with E-state index in [1.165, 1.54) is 15.4 Å². The first-order valence-electron chi connectivity index (χ1n) is 9.66. The molecule has 1 aliphatic heterocycles. The molecular weight excluding hydrogens is 440 g/mol. The van der Waals surface area contributed by atoms with Gasteiger partial charge in [0.05, 0.1) is 43.4 Å². The smallest absolute Gasteiger partial charge is 0.267 e. The number of anilines is 1. The number of aliphatic hydroxyl groups excluding tert-OH is 1. The molecule has 0 radical (unpaired) electrons. The van der Waals surface area contributed by atoms with Gasteiger partial charge in [-0.3, -0.25) is 18.9 Å². The van der Waals surface area contributed by atoms with Crippen LogP contribution in [-0.4, -0.2) is 76.2 Å². The summed E-state index contributed by atoms with van der Waals surface area (Å²) in [6, 6.07) is 3.63. The molecule has 0 atom stereocenters. The molecule has 0 aromatic carbocycles. The fourth-order valence-corrected chi connectivity index (χ4v) is 4.23. The van der Waals surface area contributed by atoms with Gasteiger partial charge < -0.3 is 19.9 Å². The van der Waals surface area contributed by atoms with E-state index in [1.807, 2.05) is 13.0 Å². The van der Waals surface area contributed by atoms with Gasteiger partial charge >= 0.3 is 0 Å². The number of carbonyl (C=O) groups is 1. The second kappa shape index (κ2) is 10.8. The molecule has 9 nitrogen and oxygen atoms in total. The van der Waals surface area contributed by atoms with E-state index in [1.54, 1.807) is 19.4 Å². The zero-order valence-electron chi connectivity index (χ0n) is 17.3.